The molecule has 1 amide bonds. The second-order valence-corrected chi connectivity index (χ2v) is 8.28. The van der Waals surface area contributed by atoms with Crippen LogP contribution in [0.15, 0.2) is 0 Å². The number of hydrogen-bond acceptors (Lipinski definition) is 3. The molecule has 3 aliphatic carbocycles. The fourth-order valence-corrected chi connectivity index (χ4v) is 5.01. The molecule has 0 spiro atoms. The molecule has 24 heavy (non-hydrogen) atoms. The topological polar surface area (TPSA) is 47.6 Å². The Kier molecular flexibility index (Phi) is 6.20. The van der Waals surface area contributed by atoms with Gasteiger partial charge >= 0.3 is 0 Å². The van der Waals surface area contributed by atoms with E-state index in [1.807, 2.05) is 0 Å². The van der Waals surface area contributed by atoms with Crippen molar-refractivity contribution in [2.24, 2.45) is 23.7 Å². The Morgan fingerprint density at radius 3 is 2.71 bits per heavy atom. The van der Waals surface area contributed by atoms with Crippen molar-refractivity contribution in [1.82, 2.24) is 5.32 Å². The number of nitrogens with one attached hydrogen (secondary N) is 1. The molecule has 0 bridgehead atoms. The van der Waals surface area contributed by atoms with E-state index in [0.29, 0.717) is 24.0 Å². The first kappa shape index (κ1) is 18.2. The predicted octanol–water partition coefficient (Wildman–Crippen LogP) is 3.54. The van der Waals surface area contributed by atoms with Crippen LogP contribution in [0.1, 0.15) is 65.2 Å². The van der Waals surface area contributed by atoms with Gasteiger partial charge in [-0.2, -0.15) is 0 Å². The van der Waals surface area contributed by atoms with E-state index in [2.05, 4.69) is 19.2 Å². The highest BCUT2D eigenvalue weighted by atomic mass is 16.5. The number of amides is 1. The van der Waals surface area contributed by atoms with E-state index >= 15 is 0 Å². The lowest BCUT2D eigenvalue weighted by atomic mass is 9.80. The smallest absolute Gasteiger partial charge is 0.223 e. The van der Waals surface area contributed by atoms with Crippen molar-refractivity contribution in [2.45, 2.75) is 83.5 Å². The van der Waals surface area contributed by atoms with Crippen LogP contribution in [-0.2, 0) is 14.3 Å². The molecular formula is C20H35NO3. The van der Waals surface area contributed by atoms with Crippen molar-refractivity contribution >= 4 is 5.91 Å². The maximum atomic E-state index is 12.6. The zero-order chi connectivity index (χ0) is 17.1. The van der Waals surface area contributed by atoms with Gasteiger partial charge < -0.3 is 14.8 Å². The maximum Gasteiger partial charge on any atom is 0.223 e. The number of carbonyl (C=O) groups excluding carboxylic acids is 1. The maximum absolute atomic E-state index is 12.6. The molecule has 4 nitrogen and oxygen atoms in total. The summed E-state index contributed by atoms with van der Waals surface area (Å²) in [4.78, 5) is 12.6. The summed E-state index contributed by atoms with van der Waals surface area (Å²) in [6, 6.07) is 0.420. The van der Waals surface area contributed by atoms with Crippen molar-refractivity contribution in [2.75, 3.05) is 13.7 Å². The first-order valence-corrected chi connectivity index (χ1v) is 10.1. The SMILES string of the molecule is CCOC1CCCC([C@@H]2C[C@H]2NC(=O)C2CCC(C)C(OC)C2)C1. The minimum absolute atomic E-state index is 0.148. The molecule has 0 heterocycles. The Hall–Kier alpha value is -0.610. The number of rotatable bonds is 6. The van der Waals surface area contributed by atoms with E-state index < -0.39 is 0 Å². The standard InChI is InChI=1S/C20H35NO3/c1-4-24-16-7-5-6-14(10-16)17-12-18(17)21-20(22)15-9-8-13(2)19(11-15)23-3/h13-19H,4-12H2,1-3H3,(H,21,22)/t13?,14?,15?,16?,17-,18+,19?/m0/s1. The molecule has 4 heteroatoms. The van der Waals surface area contributed by atoms with Gasteiger partial charge in [0, 0.05) is 25.7 Å². The van der Waals surface area contributed by atoms with Gasteiger partial charge in [0.05, 0.1) is 12.2 Å². The summed E-state index contributed by atoms with van der Waals surface area (Å²) in [6.07, 6.45) is 9.87. The normalized spacial score (nSPS) is 42.5. The molecule has 3 fully saturated rings. The summed E-state index contributed by atoms with van der Waals surface area (Å²) in [5.74, 6) is 2.44. The average Bonchev–Trinajstić information content (AvgIpc) is 3.35. The zero-order valence-corrected chi connectivity index (χ0v) is 15.6. The van der Waals surface area contributed by atoms with Crippen molar-refractivity contribution in [3.63, 3.8) is 0 Å². The number of methoxy groups -OCH3 is 1. The highest BCUT2D eigenvalue weighted by molar-refractivity contribution is 5.79. The van der Waals surface area contributed by atoms with Gasteiger partial charge in [0.15, 0.2) is 0 Å². The average molecular weight is 338 g/mol. The van der Waals surface area contributed by atoms with Crippen LogP contribution >= 0.6 is 0 Å². The predicted molar refractivity (Wildman–Crippen MR) is 94.7 cm³/mol. The van der Waals surface area contributed by atoms with Gasteiger partial charge in [-0.25, -0.2) is 0 Å². The van der Waals surface area contributed by atoms with Gasteiger partial charge in [-0.1, -0.05) is 13.3 Å². The third-order valence-corrected chi connectivity index (χ3v) is 6.64. The Bertz CT molecular complexity index is 425. The fraction of sp³-hybridized carbons (Fsp3) is 0.950. The summed E-state index contributed by atoms with van der Waals surface area (Å²) in [7, 11) is 1.77. The first-order chi connectivity index (χ1) is 11.6. The van der Waals surface area contributed by atoms with Gasteiger partial charge in [0.1, 0.15) is 0 Å². The van der Waals surface area contributed by atoms with Crippen molar-refractivity contribution < 1.29 is 14.3 Å². The van der Waals surface area contributed by atoms with E-state index in [1.165, 1.54) is 32.1 Å². The minimum Gasteiger partial charge on any atom is -0.381 e. The molecule has 138 valence electrons. The summed E-state index contributed by atoms with van der Waals surface area (Å²) >= 11 is 0. The Labute approximate surface area is 147 Å². The van der Waals surface area contributed by atoms with Gasteiger partial charge in [-0.3, -0.25) is 4.79 Å². The molecule has 0 aromatic heterocycles. The van der Waals surface area contributed by atoms with E-state index in [9.17, 15) is 4.79 Å². The third kappa shape index (κ3) is 4.32. The molecule has 0 radical (unpaired) electrons. The van der Waals surface area contributed by atoms with Gasteiger partial charge in [0.25, 0.3) is 0 Å². The third-order valence-electron chi connectivity index (χ3n) is 6.64. The number of hydrogen-bond donors (Lipinski definition) is 1. The fourth-order valence-electron chi connectivity index (χ4n) is 5.01. The monoisotopic (exact) mass is 337 g/mol. The molecule has 0 aromatic carbocycles. The first-order valence-electron chi connectivity index (χ1n) is 10.1. The van der Waals surface area contributed by atoms with Crippen LogP contribution in [-0.4, -0.2) is 37.9 Å². The lowest BCUT2D eigenvalue weighted by Crippen LogP contribution is -2.40. The van der Waals surface area contributed by atoms with Crippen LogP contribution in [0.2, 0.25) is 0 Å². The summed E-state index contributed by atoms with van der Waals surface area (Å²) < 4.78 is 11.4. The largest absolute Gasteiger partial charge is 0.381 e. The van der Waals surface area contributed by atoms with Crippen molar-refractivity contribution in [3.05, 3.63) is 0 Å². The van der Waals surface area contributed by atoms with E-state index in [-0.39, 0.29) is 17.9 Å². The Morgan fingerprint density at radius 1 is 1.12 bits per heavy atom. The van der Waals surface area contributed by atoms with Crippen LogP contribution in [0.3, 0.4) is 0 Å². The number of carbonyl (C=O) groups is 1. The van der Waals surface area contributed by atoms with E-state index in [0.717, 1.165) is 31.8 Å². The highest BCUT2D eigenvalue weighted by Crippen LogP contribution is 2.45. The lowest BCUT2D eigenvalue weighted by Gasteiger charge is -2.33. The van der Waals surface area contributed by atoms with Crippen LogP contribution < -0.4 is 5.32 Å². The van der Waals surface area contributed by atoms with E-state index in [4.69, 9.17) is 9.47 Å². The molecule has 3 rings (SSSR count). The van der Waals surface area contributed by atoms with Gasteiger partial charge in [0.2, 0.25) is 5.91 Å². The molecule has 0 aliphatic heterocycles. The molecule has 7 atom stereocenters. The Balaban J connectivity index is 1.44. The molecule has 0 saturated heterocycles. The van der Waals surface area contributed by atoms with Gasteiger partial charge in [-0.15, -0.1) is 0 Å². The van der Waals surface area contributed by atoms with Crippen LogP contribution in [0.5, 0.6) is 0 Å². The molecule has 0 aromatic rings. The van der Waals surface area contributed by atoms with Crippen molar-refractivity contribution in [3.8, 4) is 0 Å². The molecular weight excluding hydrogens is 302 g/mol. The highest BCUT2D eigenvalue weighted by Gasteiger charge is 2.46. The molecule has 3 aliphatic rings. The zero-order valence-electron chi connectivity index (χ0n) is 15.6. The van der Waals surface area contributed by atoms with Gasteiger partial charge in [-0.05, 0) is 69.6 Å². The Morgan fingerprint density at radius 2 is 1.96 bits per heavy atom. The summed E-state index contributed by atoms with van der Waals surface area (Å²) in [5.41, 5.74) is 0. The van der Waals surface area contributed by atoms with Crippen molar-refractivity contribution in [1.29, 1.82) is 0 Å². The number of ether oxygens (including phenoxy) is 2. The molecule has 1 N–H and O–H groups in total. The second-order valence-electron chi connectivity index (χ2n) is 8.28. The summed E-state index contributed by atoms with van der Waals surface area (Å²) in [5, 5.41) is 3.34. The molecule has 3 saturated carbocycles. The molecule has 5 unspecified atom stereocenters. The van der Waals surface area contributed by atoms with Crippen LogP contribution in [0.4, 0.5) is 0 Å². The van der Waals surface area contributed by atoms with Crippen LogP contribution in [0.25, 0.3) is 0 Å². The van der Waals surface area contributed by atoms with Crippen LogP contribution in [0, 0.1) is 23.7 Å². The minimum atomic E-state index is 0.148. The van der Waals surface area contributed by atoms with E-state index in [1.54, 1.807) is 7.11 Å². The second kappa shape index (κ2) is 8.18. The summed E-state index contributed by atoms with van der Waals surface area (Å²) in [6.45, 7) is 5.14. The quantitative estimate of drug-likeness (QED) is 0.806. The lowest BCUT2D eigenvalue weighted by molar-refractivity contribution is -0.128.